The number of nitrogens with one attached hydrogen (secondary N) is 1. The minimum Gasteiger partial charge on any atom is -0.346 e. The van der Waals surface area contributed by atoms with E-state index in [4.69, 9.17) is 0 Å². The van der Waals surface area contributed by atoms with Crippen LogP contribution in [0.25, 0.3) is 5.57 Å². The summed E-state index contributed by atoms with van der Waals surface area (Å²) in [7, 11) is 0. The molecule has 0 aliphatic carbocycles. The summed E-state index contributed by atoms with van der Waals surface area (Å²) in [4.78, 5) is 12.3. The molecular weight excluding hydrogens is 270 g/mol. The molecule has 0 saturated carbocycles. The minimum absolute atomic E-state index is 0.00543. The molecule has 0 radical (unpaired) electrons. The lowest BCUT2D eigenvalue weighted by Gasteiger charge is -2.15. The van der Waals surface area contributed by atoms with Crippen molar-refractivity contribution in [2.75, 3.05) is 0 Å². The molecule has 1 N–H and O–H groups in total. The molecule has 2 aromatic carbocycles. The fourth-order valence-electron chi connectivity index (χ4n) is 2.44. The first-order valence-electron chi connectivity index (χ1n) is 7.70. The van der Waals surface area contributed by atoms with Gasteiger partial charge in [-0.05, 0) is 29.5 Å². The smallest absolute Gasteiger partial charge is 0.244 e. The molecule has 0 aliphatic rings. The van der Waals surface area contributed by atoms with E-state index in [1.807, 2.05) is 67.6 Å². The van der Waals surface area contributed by atoms with Gasteiger partial charge in [0.25, 0.3) is 0 Å². The Balaban J connectivity index is 2.14. The monoisotopic (exact) mass is 293 g/mol. The third kappa shape index (κ3) is 4.32. The van der Waals surface area contributed by atoms with Crippen molar-refractivity contribution in [2.24, 2.45) is 5.92 Å². The summed E-state index contributed by atoms with van der Waals surface area (Å²) in [6.07, 6.45) is 1.72. The first-order chi connectivity index (χ1) is 10.6. The van der Waals surface area contributed by atoms with Crippen LogP contribution >= 0.6 is 0 Å². The standard InChI is InChI=1S/C20H23NO/c1-15(2)19(18-12-8-5-9-13-18)14-20(22)21-16(3)17-10-6-4-7-11-17/h4-16H,1-3H3,(H,21,22)/b19-14+/t16-/m1/s1. The van der Waals surface area contributed by atoms with Crippen LogP contribution in [0, 0.1) is 5.92 Å². The Morgan fingerprint density at radius 1 is 0.909 bits per heavy atom. The van der Waals surface area contributed by atoms with Crippen LogP contribution in [0.15, 0.2) is 66.7 Å². The molecule has 2 aromatic rings. The average molecular weight is 293 g/mol. The van der Waals surface area contributed by atoms with E-state index in [9.17, 15) is 4.79 Å². The van der Waals surface area contributed by atoms with Gasteiger partial charge in [0.2, 0.25) is 5.91 Å². The maximum atomic E-state index is 12.3. The van der Waals surface area contributed by atoms with Gasteiger partial charge in [-0.15, -0.1) is 0 Å². The van der Waals surface area contributed by atoms with Gasteiger partial charge in [0.1, 0.15) is 0 Å². The highest BCUT2D eigenvalue weighted by Gasteiger charge is 2.11. The quantitative estimate of drug-likeness (QED) is 0.802. The molecule has 0 unspecified atom stereocenters. The third-order valence-corrected chi connectivity index (χ3v) is 3.67. The van der Waals surface area contributed by atoms with E-state index < -0.39 is 0 Å². The molecule has 1 atom stereocenters. The van der Waals surface area contributed by atoms with Crippen LogP contribution in [0.5, 0.6) is 0 Å². The molecule has 2 nitrogen and oxygen atoms in total. The van der Waals surface area contributed by atoms with Crippen molar-refractivity contribution in [3.8, 4) is 0 Å². The second kappa shape index (κ2) is 7.60. The zero-order valence-electron chi connectivity index (χ0n) is 13.4. The first-order valence-corrected chi connectivity index (χ1v) is 7.70. The maximum absolute atomic E-state index is 12.3. The Labute approximate surface area is 132 Å². The lowest BCUT2D eigenvalue weighted by Crippen LogP contribution is -2.25. The SMILES string of the molecule is CC(C)/C(=C\C(=O)N[C@H](C)c1ccccc1)c1ccccc1. The van der Waals surface area contributed by atoms with E-state index in [0.29, 0.717) is 5.92 Å². The number of allylic oxidation sites excluding steroid dienone is 1. The van der Waals surface area contributed by atoms with E-state index in [1.165, 1.54) is 0 Å². The van der Waals surface area contributed by atoms with Crippen LogP contribution < -0.4 is 5.32 Å². The number of carbonyl (C=O) groups excluding carboxylic acids is 1. The largest absolute Gasteiger partial charge is 0.346 e. The molecular formula is C20H23NO. The average Bonchev–Trinajstić information content (AvgIpc) is 2.54. The van der Waals surface area contributed by atoms with E-state index in [1.54, 1.807) is 6.08 Å². The molecule has 0 saturated heterocycles. The van der Waals surface area contributed by atoms with E-state index in [2.05, 4.69) is 19.2 Å². The molecule has 0 aromatic heterocycles. The summed E-state index contributed by atoms with van der Waals surface area (Å²) >= 11 is 0. The number of benzene rings is 2. The highest BCUT2D eigenvalue weighted by molar-refractivity contribution is 5.95. The molecule has 2 heteroatoms. The second-order valence-corrected chi connectivity index (χ2v) is 5.76. The van der Waals surface area contributed by atoms with Crippen LogP contribution in [0.3, 0.4) is 0 Å². The van der Waals surface area contributed by atoms with E-state index >= 15 is 0 Å². The van der Waals surface area contributed by atoms with Gasteiger partial charge in [0, 0.05) is 6.08 Å². The zero-order chi connectivity index (χ0) is 15.9. The predicted molar refractivity (Wildman–Crippen MR) is 92.3 cm³/mol. The molecule has 2 rings (SSSR count). The highest BCUT2D eigenvalue weighted by atomic mass is 16.1. The van der Waals surface area contributed by atoms with Crippen LogP contribution in [0.1, 0.15) is 37.9 Å². The fourth-order valence-corrected chi connectivity index (χ4v) is 2.44. The molecule has 0 spiro atoms. The van der Waals surface area contributed by atoms with Gasteiger partial charge in [0.05, 0.1) is 6.04 Å². The zero-order valence-corrected chi connectivity index (χ0v) is 13.4. The Morgan fingerprint density at radius 3 is 2.00 bits per heavy atom. The normalized spacial score (nSPS) is 13.0. The molecule has 22 heavy (non-hydrogen) atoms. The summed E-state index contributed by atoms with van der Waals surface area (Å²) in [5.41, 5.74) is 3.26. The summed E-state index contributed by atoms with van der Waals surface area (Å²) in [5.74, 6) is 0.240. The Kier molecular flexibility index (Phi) is 5.54. The molecule has 114 valence electrons. The fraction of sp³-hybridized carbons (Fsp3) is 0.250. The van der Waals surface area contributed by atoms with E-state index in [0.717, 1.165) is 16.7 Å². The third-order valence-electron chi connectivity index (χ3n) is 3.67. The lowest BCUT2D eigenvalue weighted by atomic mass is 9.95. The molecule has 0 heterocycles. The van der Waals surface area contributed by atoms with Crippen LogP contribution in [0.2, 0.25) is 0 Å². The predicted octanol–water partition coefficient (Wildman–Crippen LogP) is 4.60. The topological polar surface area (TPSA) is 29.1 Å². The van der Waals surface area contributed by atoms with Crippen LogP contribution in [-0.4, -0.2) is 5.91 Å². The molecule has 0 aliphatic heterocycles. The van der Waals surface area contributed by atoms with Crippen LogP contribution in [0.4, 0.5) is 0 Å². The van der Waals surface area contributed by atoms with Gasteiger partial charge < -0.3 is 5.32 Å². The van der Waals surface area contributed by atoms with Crippen molar-refractivity contribution in [1.29, 1.82) is 0 Å². The Bertz CT molecular complexity index is 629. The van der Waals surface area contributed by atoms with Crippen molar-refractivity contribution in [3.63, 3.8) is 0 Å². The van der Waals surface area contributed by atoms with Crippen molar-refractivity contribution in [1.82, 2.24) is 5.32 Å². The van der Waals surface area contributed by atoms with Crippen molar-refractivity contribution < 1.29 is 4.79 Å². The van der Waals surface area contributed by atoms with Crippen molar-refractivity contribution in [2.45, 2.75) is 26.8 Å². The highest BCUT2D eigenvalue weighted by Crippen LogP contribution is 2.22. The van der Waals surface area contributed by atoms with Crippen LogP contribution in [-0.2, 0) is 4.79 Å². The Morgan fingerprint density at radius 2 is 1.45 bits per heavy atom. The Hall–Kier alpha value is -2.35. The number of rotatable bonds is 5. The van der Waals surface area contributed by atoms with Gasteiger partial charge in [0.15, 0.2) is 0 Å². The molecule has 0 fully saturated rings. The van der Waals surface area contributed by atoms with Crippen molar-refractivity contribution >= 4 is 11.5 Å². The van der Waals surface area contributed by atoms with Gasteiger partial charge in [-0.25, -0.2) is 0 Å². The summed E-state index contributed by atoms with van der Waals surface area (Å²) < 4.78 is 0. The molecule has 0 bridgehead atoms. The summed E-state index contributed by atoms with van der Waals surface area (Å²) in [6.45, 7) is 6.21. The first kappa shape index (κ1) is 16.0. The van der Waals surface area contributed by atoms with Gasteiger partial charge >= 0.3 is 0 Å². The summed E-state index contributed by atoms with van der Waals surface area (Å²) in [6, 6.07) is 20.0. The second-order valence-electron chi connectivity index (χ2n) is 5.76. The van der Waals surface area contributed by atoms with Gasteiger partial charge in [-0.2, -0.15) is 0 Å². The van der Waals surface area contributed by atoms with Gasteiger partial charge in [-0.3, -0.25) is 4.79 Å². The van der Waals surface area contributed by atoms with Crippen molar-refractivity contribution in [3.05, 3.63) is 77.9 Å². The van der Waals surface area contributed by atoms with E-state index in [-0.39, 0.29) is 11.9 Å². The summed E-state index contributed by atoms with van der Waals surface area (Å²) in [5, 5.41) is 3.04. The molecule has 1 amide bonds. The minimum atomic E-state index is -0.0519. The number of amides is 1. The number of hydrogen-bond donors (Lipinski definition) is 1. The number of hydrogen-bond acceptors (Lipinski definition) is 1. The van der Waals surface area contributed by atoms with Gasteiger partial charge in [-0.1, -0.05) is 74.5 Å². The maximum Gasteiger partial charge on any atom is 0.244 e. The lowest BCUT2D eigenvalue weighted by molar-refractivity contribution is -0.117. The number of carbonyl (C=O) groups is 1.